The lowest BCUT2D eigenvalue weighted by Gasteiger charge is -2.24. The van der Waals surface area contributed by atoms with E-state index < -0.39 is 0 Å². The van der Waals surface area contributed by atoms with Crippen LogP contribution in [0, 0.1) is 13.8 Å². The highest BCUT2D eigenvalue weighted by Crippen LogP contribution is 2.26. The molecule has 0 atom stereocenters. The van der Waals surface area contributed by atoms with Crippen LogP contribution in [0.25, 0.3) is 0 Å². The third-order valence-electron chi connectivity index (χ3n) is 2.89. The highest BCUT2D eigenvalue weighted by Gasteiger charge is 2.19. The molecule has 1 saturated heterocycles. The quantitative estimate of drug-likeness (QED) is 0.836. The van der Waals surface area contributed by atoms with Gasteiger partial charge in [0.2, 0.25) is 0 Å². The van der Waals surface area contributed by atoms with E-state index in [0.29, 0.717) is 6.04 Å². The maximum absolute atomic E-state index is 4.58. The molecule has 0 saturated carbocycles. The fourth-order valence-electron chi connectivity index (χ4n) is 2.05. The summed E-state index contributed by atoms with van der Waals surface area (Å²) in [4.78, 5) is 0. The Kier molecular flexibility index (Phi) is 2.93. The molecule has 78 valence electrons. The van der Waals surface area contributed by atoms with E-state index in [1.807, 2.05) is 0 Å². The van der Waals surface area contributed by atoms with E-state index in [9.17, 15) is 0 Å². The van der Waals surface area contributed by atoms with Crippen LogP contribution in [-0.4, -0.2) is 22.9 Å². The van der Waals surface area contributed by atoms with Crippen molar-refractivity contribution < 1.29 is 0 Å². The predicted molar refractivity (Wildman–Crippen MR) is 60.5 cm³/mol. The highest BCUT2D eigenvalue weighted by molar-refractivity contribution is 9.10. The molecule has 1 aliphatic rings. The molecule has 1 aromatic rings. The van der Waals surface area contributed by atoms with Crippen LogP contribution < -0.4 is 5.32 Å². The monoisotopic (exact) mass is 257 g/mol. The van der Waals surface area contributed by atoms with Gasteiger partial charge in [0, 0.05) is 0 Å². The van der Waals surface area contributed by atoms with Crippen LogP contribution in [0.2, 0.25) is 0 Å². The van der Waals surface area contributed by atoms with E-state index in [0.717, 1.165) is 23.3 Å². The van der Waals surface area contributed by atoms with Gasteiger partial charge in [-0.2, -0.15) is 5.10 Å². The van der Waals surface area contributed by atoms with Gasteiger partial charge < -0.3 is 5.32 Å². The molecule has 0 unspecified atom stereocenters. The van der Waals surface area contributed by atoms with Gasteiger partial charge in [0.25, 0.3) is 0 Å². The summed E-state index contributed by atoms with van der Waals surface area (Å²) in [6.45, 7) is 6.40. The van der Waals surface area contributed by atoms with Crippen molar-refractivity contribution in [1.29, 1.82) is 0 Å². The van der Waals surface area contributed by atoms with Crippen LogP contribution in [0.3, 0.4) is 0 Å². The van der Waals surface area contributed by atoms with Crippen LogP contribution in [0.5, 0.6) is 0 Å². The summed E-state index contributed by atoms with van der Waals surface area (Å²) in [5.41, 5.74) is 2.36. The Morgan fingerprint density at radius 2 is 2.00 bits per heavy atom. The highest BCUT2D eigenvalue weighted by atomic mass is 79.9. The van der Waals surface area contributed by atoms with E-state index in [1.165, 1.54) is 18.5 Å². The number of hydrogen-bond donors (Lipinski definition) is 1. The van der Waals surface area contributed by atoms with Crippen LogP contribution >= 0.6 is 15.9 Å². The minimum absolute atomic E-state index is 0.584. The Hall–Kier alpha value is -0.350. The molecule has 2 rings (SSSR count). The zero-order valence-corrected chi connectivity index (χ0v) is 10.3. The number of piperidine rings is 1. The Morgan fingerprint density at radius 1 is 1.36 bits per heavy atom. The molecule has 0 aliphatic carbocycles. The van der Waals surface area contributed by atoms with Crippen molar-refractivity contribution in [2.45, 2.75) is 32.7 Å². The number of rotatable bonds is 1. The minimum Gasteiger partial charge on any atom is -0.317 e. The van der Waals surface area contributed by atoms with Crippen LogP contribution in [-0.2, 0) is 0 Å². The molecule has 0 radical (unpaired) electrons. The van der Waals surface area contributed by atoms with Gasteiger partial charge in [-0.1, -0.05) is 0 Å². The standard InChI is InChI=1S/C10H16BrN3/c1-7-10(11)8(2)14(13-7)9-3-5-12-6-4-9/h9,12H,3-6H2,1-2H3. The first-order chi connectivity index (χ1) is 6.70. The molecule has 0 bridgehead atoms. The number of nitrogens with one attached hydrogen (secondary N) is 1. The lowest BCUT2D eigenvalue weighted by Crippen LogP contribution is -2.30. The van der Waals surface area contributed by atoms with E-state index >= 15 is 0 Å². The average Bonchev–Trinajstić information content (AvgIpc) is 2.47. The molecule has 3 nitrogen and oxygen atoms in total. The average molecular weight is 258 g/mol. The molecule has 1 aliphatic heterocycles. The first kappa shape index (κ1) is 10.2. The summed E-state index contributed by atoms with van der Waals surface area (Å²) in [6, 6.07) is 0.584. The Balaban J connectivity index is 2.26. The van der Waals surface area contributed by atoms with Crippen molar-refractivity contribution in [3.63, 3.8) is 0 Å². The maximum Gasteiger partial charge on any atom is 0.0738 e. The van der Waals surface area contributed by atoms with Crippen LogP contribution in [0.15, 0.2) is 4.47 Å². The molecule has 1 N–H and O–H groups in total. The summed E-state index contributed by atoms with van der Waals surface area (Å²) < 4.78 is 3.34. The number of hydrogen-bond acceptors (Lipinski definition) is 2. The topological polar surface area (TPSA) is 29.9 Å². The molecule has 0 amide bonds. The first-order valence-corrected chi connectivity index (χ1v) is 5.91. The number of aromatic nitrogens is 2. The van der Waals surface area contributed by atoms with Gasteiger partial charge in [0.15, 0.2) is 0 Å². The minimum atomic E-state index is 0.584. The van der Waals surface area contributed by atoms with Gasteiger partial charge in [-0.15, -0.1) is 0 Å². The van der Waals surface area contributed by atoms with E-state index in [-0.39, 0.29) is 0 Å². The second-order valence-electron chi connectivity index (χ2n) is 3.91. The fraction of sp³-hybridized carbons (Fsp3) is 0.700. The molecule has 14 heavy (non-hydrogen) atoms. The maximum atomic E-state index is 4.58. The molecule has 0 spiro atoms. The summed E-state index contributed by atoms with van der Waals surface area (Å²) in [7, 11) is 0. The Labute approximate surface area is 93.0 Å². The largest absolute Gasteiger partial charge is 0.317 e. The molecule has 1 fully saturated rings. The normalized spacial score (nSPS) is 18.8. The number of halogens is 1. The SMILES string of the molecule is Cc1nn(C2CCNCC2)c(C)c1Br. The second-order valence-corrected chi connectivity index (χ2v) is 4.70. The van der Waals surface area contributed by atoms with E-state index in [2.05, 4.69) is 44.9 Å². The fourth-order valence-corrected chi connectivity index (χ4v) is 2.31. The van der Waals surface area contributed by atoms with Crippen molar-refractivity contribution in [3.05, 3.63) is 15.9 Å². The Bertz CT molecular complexity index is 326. The van der Waals surface area contributed by atoms with E-state index in [1.54, 1.807) is 0 Å². The molecule has 4 heteroatoms. The second kappa shape index (κ2) is 4.03. The van der Waals surface area contributed by atoms with Crippen molar-refractivity contribution >= 4 is 15.9 Å². The van der Waals surface area contributed by atoms with Crippen molar-refractivity contribution in [2.75, 3.05) is 13.1 Å². The lowest BCUT2D eigenvalue weighted by molar-refractivity contribution is 0.337. The molecule has 2 heterocycles. The number of nitrogens with zero attached hydrogens (tertiary/aromatic N) is 2. The summed E-state index contributed by atoms with van der Waals surface area (Å²) in [5.74, 6) is 0. The third kappa shape index (κ3) is 1.73. The van der Waals surface area contributed by atoms with Gasteiger partial charge in [-0.25, -0.2) is 0 Å². The van der Waals surface area contributed by atoms with Gasteiger partial charge in [-0.3, -0.25) is 4.68 Å². The van der Waals surface area contributed by atoms with Gasteiger partial charge in [-0.05, 0) is 55.7 Å². The van der Waals surface area contributed by atoms with Crippen LogP contribution in [0.4, 0.5) is 0 Å². The number of aryl methyl sites for hydroxylation is 1. The van der Waals surface area contributed by atoms with Crippen LogP contribution in [0.1, 0.15) is 30.3 Å². The molecular weight excluding hydrogens is 242 g/mol. The smallest absolute Gasteiger partial charge is 0.0738 e. The third-order valence-corrected chi connectivity index (χ3v) is 4.04. The Morgan fingerprint density at radius 3 is 2.50 bits per heavy atom. The molecular formula is C10H16BrN3. The van der Waals surface area contributed by atoms with E-state index in [4.69, 9.17) is 0 Å². The summed E-state index contributed by atoms with van der Waals surface area (Å²) in [5, 5.41) is 7.95. The predicted octanol–water partition coefficient (Wildman–Crippen LogP) is 2.19. The molecule has 0 aromatic carbocycles. The van der Waals surface area contributed by atoms with Gasteiger partial charge in [0.05, 0.1) is 21.9 Å². The first-order valence-electron chi connectivity index (χ1n) is 5.12. The van der Waals surface area contributed by atoms with Gasteiger partial charge in [0.1, 0.15) is 0 Å². The zero-order valence-electron chi connectivity index (χ0n) is 8.68. The zero-order chi connectivity index (χ0) is 10.1. The van der Waals surface area contributed by atoms with Crippen molar-refractivity contribution in [2.24, 2.45) is 0 Å². The van der Waals surface area contributed by atoms with Crippen molar-refractivity contribution in [1.82, 2.24) is 15.1 Å². The summed E-state index contributed by atoms with van der Waals surface area (Å²) in [6.07, 6.45) is 2.38. The van der Waals surface area contributed by atoms with Crippen molar-refractivity contribution in [3.8, 4) is 0 Å². The molecule has 1 aromatic heterocycles. The van der Waals surface area contributed by atoms with Gasteiger partial charge >= 0.3 is 0 Å². The lowest BCUT2D eigenvalue weighted by atomic mass is 10.1. The summed E-state index contributed by atoms with van der Waals surface area (Å²) >= 11 is 3.57.